The molecule has 1 heterocycles. The van der Waals surface area contributed by atoms with Crippen molar-refractivity contribution in [3.63, 3.8) is 0 Å². The van der Waals surface area contributed by atoms with Gasteiger partial charge in [-0.05, 0) is 36.8 Å². The van der Waals surface area contributed by atoms with Gasteiger partial charge in [0.1, 0.15) is 5.75 Å². The normalized spacial score (nSPS) is 17.4. The zero-order valence-corrected chi connectivity index (χ0v) is 12.1. The third-order valence-corrected chi connectivity index (χ3v) is 3.13. The molecule has 0 aliphatic carbocycles. The van der Waals surface area contributed by atoms with E-state index >= 15 is 0 Å². The Kier molecular flexibility index (Phi) is 3.81. The van der Waals surface area contributed by atoms with Crippen LogP contribution in [0.2, 0.25) is 5.02 Å². The molecule has 100 valence electrons. The van der Waals surface area contributed by atoms with Gasteiger partial charge in [0.05, 0.1) is 6.61 Å². The quantitative estimate of drug-likeness (QED) is 0.754. The molecular formula is C16H17ClO2. The van der Waals surface area contributed by atoms with Gasteiger partial charge in [-0.25, -0.2) is 0 Å². The molecule has 0 radical (unpaired) electrons. The number of hydrogen-bond acceptors (Lipinski definition) is 2. The highest BCUT2D eigenvalue weighted by molar-refractivity contribution is 6.30. The van der Waals surface area contributed by atoms with Gasteiger partial charge in [0.25, 0.3) is 0 Å². The molecular weight excluding hydrogens is 260 g/mol. The average Bonchev–Trinajstić information content (AvgIpc) is 2.44. The maximum Gasteiger partial charge on any atom is 0.152 e. The second kappa shape index (κ2) is 5.22. The first kappa shape index (κ1) is 13.9. The van der Waals surface area contributed by atoms with E-state index in [1.807, 2.05) is 24.3 Å². The molecule has 0 unspecified atom stereocenters. The molecule has 2 nitrogen and oxygen atoms in total. The molecule has 3 heteroatoms. The van der Waals surface area contributed by atoms with E-state index in [4.69, 9.17) is 16.3 Å². The van der Waals surface area contributed by atoms with Crippen LogP contribution in [-0.4, -0.2) is 12.4 Å². The van der Waals surface area contributed by atoms with Crippen molar-refractivity contribution in [1.29, 1.82) is 0 Å². The Hall–Kier alpha value is -1.54. The predicted octanol–water partition coefficient (Wildman–Crippen LogP) is 4.29. The highest BCUT2D eigenvalue weighted by atomic mass is 35.5. The number of rotatable bonds is 2. The molecule has 0 saturated carbocycles. The van der Waals surface area contributed by atoms with Crippen molar-refractivity contribution in [3.05, 3.63) is 47.0 Å². The number of carbonyl (C=O) groups is 1. The fraction of sp³-hybridized carbons (Fsp3) is 0.312. The standard InChI is InChI=1S/C16H17ClO2/c1-11(18)4-5-12-9-16(2,3)10-19-15-7-6-13(17)8-14(12)15/h4-9H,10H2,1-3H3/b5-4+. The van der Waals surface area contributed by atoms with Crippen molar-refractivity contribution in [2.45, 2.75) is 20.8 Å². The summed E-state index contributed by atoms with van der Waals surface area (Å²) in [4.78, 5) is 11.1. The van der Waals surface area contributed by atoms with Crippen molar-refractivity contribution >= 4 is 23.0 Å². The van der Waals surface area contributed by atoms with E-state index in [0.29, 0.717) is 11.6 Å². The number of carbonyl (C=O) groups excluding carboxylic acids is 1. The first-order valence-electron chi connectivity index (χ1n) is 6.22. The van der Waals surface area contributed by atoms with Crippen LogP contribution in [0.15, 0.2) is 36.4 Å². The molecule has 1 aromatic rings. The van der Waals surface area contributed by atoms with Gasteiger partial charge in [0, 0.05) is 16.0 Å². The van der Waals surface area contributed by atoms with Gasteiger partial charge in [0.2, 0.25) is 0 Å². The van der Waals surface area contributed by atoms with Crippen LogP contribution < -0.4 is 4.74 Å². The van der Waals surface area contributed by atoms with Crippen LogP contribution in [0.5, 0.6) is 5.75 Å². The molecule has 0 N–H and O–H groups in total. The molecule has 1 aliphatic rings. The van der Waals surface area contributed by atoms with Crippen molar-refractivity contribution in [2.75, 3.05) is 6.61 Å². The van der Waals surface area contributed by atoms with Gasteiger partial charge in [-0.1, -0.05) is 37.6 Å². The zero-order valence-electron chi connectivity index (χ0n) is 11.4. The number of benzene rings is 1. The van der Waals surface area contributed by atoms with E-state index in [1.165, 1.54) is 6.92 Å². The Morgan fingerprint density at radius 3 is 2.84 bits per heavy atom. The van der Waals surface area contributed by atoms with E-state index in [1.54, 1.807) is 6.08 Å². The topological polar surface area (TPSA) is 26.3 Å². The number of hydrogen-bond donors (Lipinski definition) is 0. The summed E-state index contributed by atoms with van der Waals surface area (Å²) in [6.45, 7) is 6.33. The summed E-state index contributed by atoms with van der Waals surface area (Å²) in [5.74, 6) is 0.821. The van der Waals surface area contributed by atoms with Gasteiger partial charge in [0.15, 0.2) is 5.78 Å². The van der Waals surface area contributed by atoms with Crippen LogP contribution in [0.3, 0.4) is 0 Å². The lowest BCUT2D eigenvalue weighted by molar-refractivity contribution is -0.112. The molecule has 0 bridgehead atoms. The van der Waals surface area contributed by atoms with Crippen molar-refractivity contribution in [2.24, 2.45) is 5.41 Å². The molecule has 1 aromatic carbocycles. The summed E-state index contributed by atoms with van der Waals surface area (Å²) in [7, 11) is 0. The fourth-order valence-corrected chi connectivity index (χ4v) is 2.17. The molecule has 1 aliphatic heterocycles. The Balaban J connectivity index is 2.54. The maximum absolute atomic E-state index is 11.1. The third kappa shape index (κ3) is 3.48. The Morgan fingerprint density at radius 1 is 1.42 bits per heavy atom. The summed E-state index contributed by atoms with van der Waals surface area (Å²) in [6, 6.07) is 5.55. The number of fused-ring (bicyclic) bond motifs is 1. The minimum absolute atomic E-state index is 0.0208. The van der Waals surface area contributed by atoms with E-state index in [-0.39, 0.29) is 11.2 Å². The van der Waals surface area contributed by atoms with Crippen molar-refractivity contribution in [1.82, 2.24) is 0 Å². The molecule has 0 saturated heterocycles. The van der Waals surface area contributed by atoms with Gasteiger partial charge < -0.3 is 4.74 Å². The summed E-state index contributed by atoms with van der Waals surface area (Å²) >= 11 is 6.06. The van der Waals surface area contributed by atoms with Crippen LogP contribution in [0.4, 0.5) is 0 Å². The molecule has 0 aromatic heterocycles. The minimum atomic E-state index is -0.0953. The monoisotopic (exact) mass is 276 g/mol. The Morgan fingerprint density at radius 2 is 2.16 bits per heavy atom. The Labute approximate surface area is 118 Å². The molecule has 0 amide bonds. The molecule has 0 atom stereocenters. The number of allylic oxidation sites excluding steroid dienone is 3. The van der Waals surface area contributed by atoms with E-state index < -0.39 is 0 Å². The highest BCUT2D eigenvalue weighted by Gasteiger charge is 2.22. The van der Waals surface area contributed by atoms with Crippen molar-refractivity contribution in [3.8, 4) is 5.75 Å². The average molecular weight is 277 g/mol. The summed E-state index contributed by atoms with van der Waals surface area (Å²) in [5.41, 5.74) is 1.80. The van der Waals surface area contributed by atoms with E-state index in [0.717, 1.165) is 16.9 Å². The molecule has 19 heavy (non-hydrogen) atoms. The fourth-order valence-electron chi connectivity index (χ4n) is 2.00. The predicted molar refractivity (Wildman–Crippen MR) is 78.5 cm³/mol. The van der Waals surface area contributed by atoms with Gasteiger partial charge >= 0.3 is 0 Å². The van der Waals surface area contributed by atoms with Crippen LogP contribution in [-0.2, 0) is 4.79 Å². The first-order chi connectivity index (χ1) is 8.87. The molecule has 2 rings (SSSR count). The van der Waals surface area contributed by atoms with Gasteiger partial charge in [-0.2, -0.15) is 0 Å². The van der Waals surface area contributed by atoms with Crippen LogP contribution in [0.25, 0.3) is 5.57 Å². The maximum atomic E-state index is 11.1. The highest BCUT2D eigenvalue weighted by Crippen LogP contribution is 2.37. The van der Waals surface area contributed by atoms with Gasteiger partial charge in [-0.3, -0.25) is 4.79 Å². The van der Waals surface area contributed by atoms with E-state index in [9.17, 15) is 4.79 Å². The van der Waals surface area contributed by atoms with E-state index in [2.05, 4.69) is 19.9 Å². The van der Waals surface area contributed by atoms with Gasteiger partial charge in [-0.15, -0.1) is 0 Å². The first-order valence-corrected chi connectivity index (χ1v) is 6.59. The SMILES string of the molecule is CC(=O)/C=C/C1=CC(C)(C)COc2ccc(Cl)cc21. The smallest absolute Gasteiger partial charge is 0.152 e. The lowest BCUT2D eigenvalue weighted by Crippen LogP contribution is -2.17. The number of ether oxygens (including phenoxy) is 1. The number of ketones is 1. The Bertz CT molecular complexity index is 568. The second-order valence-corrected chi connectivity index (χ2v) is 5.90. The largest absolute Gasteiger partial charge is 0.492 e. The summed E-state index contributed by atoms with van der Waals surface area (Å²) in [6.07, 6.45) is 5.51. The van der Waals surface area contributed by atoms with Crippen LogP contribution in [0, 0.1) is 5.41 Å². The zero-order chi connectivity index (χ0) is 14.0. The number of halogens is 1. The van der Waals surface area contributed by atoms with Crippen LogP contribution in [0.1, 0.15) is 26.3 Å². The van der Waals surface area contributed by atoms with Crippen LogP contribution >= 0.6 is 11.6 Å². The molecule has 0 spiro atoms. The molecule has 0 fully saturated rings. The summed E-state index contributed by atoms with van der Waals surface area (Å²) < 4.78 is 5.83. The third-order valence-electron chi connectivity index (χ3n) is 2.90. The lowest BCUT2D eigenvalue weighted by atomic mass is 9.90. The van der Waals surface area contributed by atoms with Crippen molar-refractivity contribution < 1.29 is 9.53 Å². The second-order valence-electron chi connectivity index (χ2n) is 5.46. The minimum Gasteiger partial charge on any atom is -0.492 e. The summed E-state index contributed by atoms with van der Waals surface area (Å²) in [5, 5.41) is 0.657. The lowest BCUT2D eigenvalue weighted by Gasteiger charge is -2.18.